The zero-order valence-electron chi connectivity index (χ0n) is 66.5. The van der Waals surface area contributed by atoms with Crippen molar-refractivity contribution in [1.82, 2.24) is 39.9 Å². The Kier molecular flexibility index (Phi) is 20.7. The molecule has 2 atom stereocenters. The number of rotatable bonds is 17. The van der Waals surface area contributed by atoms with Gasteiger partial charge in [0.1, 0.15) is 0 Å². The lowest BCUT2D eigenvalue weighted by Crippen LogP contribution is -2.22. The Bertz CT molecular complexity index is 5850. The first-order valence-corrected chi connectivity index (χ1v) is 40.8. The average molecular weight is 1530 g/mol. The Morgan fingerprint density at radius 2 is 0.487 bits per heavy atom. The molecule has 2 unspecified atom stereocenters. The van der Waals surface area contributed by atoms with Crippen LogP contribution in [-0.2, 0) is 10.8 Å². The fourth-order valence-electron chi connectivity index (χ4n) is 16.6. The van der Waals surface area contributed by atoms with Gasteiger partial charge in [-0.25, -0.2) is 29.9 Å². The van der Waals surface area contributed by atoms with E-state index in [1.807, 2.05) is 36.7 Å². The number of pyridine rings is 2. The maximum Gasteiger partial charge on any atom is 0.165 e. The third-order valence-electron chi connectivity index (χ3n) is 23.0. The van der Waals surface area contributed by atoms with E-state index in [4.69, 9.17) is 51.5 Å². The Balaban J connectivity index is 0.653. The lowest BCUT2D eigenvalue weighted by molar-refractivity contribution is 0.352. The number of hydrogen-bond acceptors (Lipinski definition) is 8. The third kappa shape index (κ3) is 16.4. The highest BCUT2D eigenvalue weighted by Gasteiger charge is 2.36. The summed E-state index contributed by atoms with van der Waals surface area (Å²) in [7, 11) is 0. The van der Waals surface area contributed by atoms with E-state index >= 15 is 0 Å². The number of benzene rings is 13. The van der Waals surface area contributed by atoms with E-state index in [1.54, 1.807) is 0 Å². The zero-order chi connectivity index (χ0) is 79.6. The summed E-state index contributed by atoms with van der Waals surface area (Å²) >= 11 is 7.33. The van der Waals surface area contributed by atoms with E-state index in [1.165, 1.54) is 50.1 Å². The molecule has 0 radical (unpaired) electrons. The summed E-state index contributed by atoms with van der Waals surface area (Å²) in [5, 5.41) is 0.817. The number of aromatic nitrogens is 8. The van der Waals surface area contributed by atoms with Crippen LogP contribution in [0.15, 0.2) is 364 Å². The molecule has 18 rings (SSSR count). The molecule has 9 heteroatoms. The largest absolute Gasteiger partial charge is 0.255 e. The predicted molar refractivity (Wildman–Crippen MR) is 482 cm³/mol. The molecular weight excluding hydrogens is 1440 g/mol. The van der Waals surface area contributed by atoms with Crippen molar-refractivity contribution in [3.63, 3.8) is 0 Å². The van der Waals surface area contributed by atoms with Crippen LogP contribution in [0.5, 0.6) is 0 Å². The number of halogens is 1. The normalized spacial score (nSPS) is 14.3. The molecule has 0 N–H and O–H groups in total. The lowest BCUT2D eigenvalue weighted by Gasteiger charge is -2.38. The van der Waals surface area contributed by atoms with Gasteiger partial charge in [-0.3, -0.25) is 9.97 Å². The van der Waals surface area contributed by atoms with Crippen molar-refractivity contribution in [2.24, 2.45) is 0 Å². The van der Waals surface area contributed by atoms with E-state index in [9.17, 15) is 0 Å². The monoisotopic (exact) mass is 1530 g/mol. The molecule has 0 amide bonds. The highest BCUT2D eigenvalue weighted by atomic mass is 35.5. The molecule has 0 aliphatic heterocycles. The van der Waals surface area contributed by atoms with Gasteiger partial charge in [0.15, 0.2) is 34.9 Å². The molecule has 1 aliphatic rings. The van der Waals surface area contributed by atoms with Crippen LogP contribution in [0, 0.1) is 0 Å². The summed E-state index contributed by atoms with van der Waals surface area (Å²) in [4.78, 5) is 41.4. The van der Waals surface area contributed by atoms with Crippen LogP contribution in [0.2, 0.25) is 5.02 Å². The van der Waals surface area contributed by atoms with Crippen molar-refractivity contribution in [3.8, 4) is 158 Å². The van der Waals surface area contributed by atoms with E-state index < -0.39 is 0 Å². The van der Waals surface area contributed by atoms with Crippen LogP contribution in [0.25, 0.3) is 158 Å². The second-order valence-electron chi connectivity index (χ2n) is 32.8. The second-order valence-corrected chi connectivity index (χ2v) is 33.2. The van der Waals surface area contributed by atoms with Crippen LogP contribution >= 0.6 is 11.6 Å². The topological polar surface area (TPSA) is 103 Å². The average Bonchev–Trinajstić information content (AvgIpc) is 0.745. The Hall–Kier alpha value is -13.5. The summed E-state index contributed by atoms with van der Waals surface area (Å²) in [5.74, 6) is 4.02. The van der Waals surface area contributed by atoms with E-state index in [2.05, 4.69) is 369 Å². The molecule has 1 saturated carbocycles. The Labute approximate surface area is 691 Å². The van der Waals surface area contributed by atoms with Gasteiger partial charge in [-0.1, -0.05) is 350 Å². The van der Waals surface area contributed by atoms with Crippen molar-refractivity contribution in [2.75, 3.05) is 0 Å². The van der Waals surface area contributed by atoms with E-state index in [0.717, 1.165) is 125 Å². The standard InChI is InChI=1S/C108H87ClN8/c1-107(2,3)91-53-55-93(96(66-91)74-43-47-76(48-44-74)99-57-51-86(68-110-99)105-114-101(82-37-21-33-78(59-82)70-25-11-7-12-26-70)112-102(115-105)83-38-22-34-79(60-83)71-27-13-8-14-28-71)88-63-89(65-90(64-88)95-41-19-20-42-98(95)109)94-56-54-92(108(4,5)6)67-97(94)75-45-49-77(50-46-75)100-58-52-87(69-111-100)106-116-103(84-39-23-35-80(61-84)72-29-15-9-16-30-72)113-104(117-106)85-40-24-36-81(62-85)73-31-17-10-18-32-73/h7-62,66-69,88-90H,63-65H2,1-6H3. The predicted octanol–water partition coefficient (Wildman–Crippen LogP) is 28.3. The molecule has 0 bridgehead atoms. The highest BCUT2D eigenvalue weighted by molar-refractivity contribution is 6.31. The first-order valence-electron chi connectivity index (χ1n) is 40.4. The number of hydrogen-bond donors (Lipinski definition) is 0. The Morgan fingerprint density at radius 3 is 0.786 bits per heavy atom. The van der Waals surface area contributed by atoms with Crippen molar-refractivity contribution in [1.29, 1.82) is 0 Å². The van der Waals surface area contributed by atoms with E-state index in [0.29, 0.717) is 34.9 Å². The Morgan fingerprint density at radius 1 is 0.222 bits per heavy atom. The van der Waals surface area contributed by atoms with Gasteiger partial charge < -0.3 is 0 Å². The minimum Gasteiger partial charge on any atom is -0.255 e. The van der Waals surface area contributed by atoms with Gasteiger partial charge in [-0.05, 0) is 197 Å². The highest BCUT2D eigenvalue weighted by Crippen LogP contribution is 2.53. The number of nitrogens with zero attached hydrogens (tertiary/aromatic N) is 8. The van der Waals surface area contributed by atoms with Crippen LogP contribution in [0.1, 0.15) is 106 Å². The summed E-state index contributed by atoms with van der Waals surface area (Å²) < 4.78 is 0. The van der Waals surface area contributed by atoms with Crippen LogP contribution < -0.4 is 0 Å². The fraction of sp³-hybridized carbons (Fsp3) is 0.130. The smallest absolute Gasteiger partial charge is 0.165 e. The van der Waals surface area contributed by atoms with Crippen LogP contribution in [-0.4, -0.2) is 39.9 Å². The molecule has 4 aromatic heterocycles. The minimum absolute atomic E-state index is 0.0932. The quantitative estimate of drug-likeness (QED) is 0.0888. The van der Waals surface area contributed by atoms with Gasteiger partial charge in [0.05, 0.1) is 11.4 Å². The summed E-state index contributed by atoms with van der Waals surface area (Å²) in [6, 6.07) is 125. The van der Waals surface area contributed by atoms with Gasteiger partial charge in [0.2, 0.25) is 0 Å². The van der Waals surface area contributed by atoms with Crippen LogP contribution in [0.4, 0.5) is 0 Å². The minimum atomic E-state index is -0.0932. The molecule has 566 valence electrons. The second kappa shape index (κ2) is 32.4. The van der Waals surface area contributed by atoms with Gasteiger partial charge >= 0.3 is 0 Å². The van der Waals surface area contributed by atoms with Gasteiger partial charge in [-0.15, -0.1) is 0 Å². The SMILES string of the molecule is CC(C)(C)c1ccc(C2CC(c3ccccc3Cl)CC(c3ccc(C(C)(C)C)cc3-c3ccc(-c4ccc(-c5nc(-c6cccc(-c7ccccc7)c6)nc(-c6cccc(-c7ccccc7)c6)n5)cn4)cc3)C2)c(-c2ccc(-c3ccc(-c4nc(-c5cccc(-c6ccccc6)c5)nc(-c5cccc(-c6ccccc6)c5)n4)cn3)cc2)c1. The summed E-state index contributed by atoms with van der Waals surface area (Å²) in [6.07, 6.45) is 6.66. The van der Waals surface area contributed by atoms with E-state index in [-0.39, 0.29) is 28.6 Å². The maximum absolute atomic E-state index is 7.33. The molecule has 17 aromatic rings. The van der Waals surface area contributed by atoms with Crippen molar-refractivity contribution in [3.05, 3.63) is 397 Å². The van der Waals surface area contributed by atoms with Gasteiger partial charge in [-0.2, -0.15) is 0 Å². The van der Waals surface area contributed by atoms with Crippen molar-refractivity contribution >= 4 is 11.6 Å². The maximum atomic E-state index is 7.33. The van der Waals surface area contributed by atoms with Gasteiger partial charge in [0.25, 0.3) is 0 Å². The fourth-order valence-corrected chi connectivity index (χ4v) is 16.9. The first-order chi connectivity index (χ1) is 57.1. The molecule has 1 fully saturated rings. The van der Waals surface area contributed by atoms with Gasteiger partial charge in [0, 0.05) is 61.9 Å². The summed E-state index contributed by atoms with van der Waals surface area (Å²) in [6.45, 7) is 13.9. The summed E-state index contributed by atoms with van der Waals surface area (Å²) in [5.41, 5.74) is 28.9. The molecule has 13 aromatic carbocycles. The van der Waals surface area contributed by atoms with Crippen molar-refractivity contribution in [2.45, 2.75) is 89.4 Å². The lowest BCUT2D eigenvalue weighted by atomic mass is 9.66. The molecule has 4 heterocycles. The molecular formula is C108H87ClN8. The zero-order valence-corrected chi connectivity index (χ0v) is 67.2. The van der Waals surface area contributed by atoms with Crippen molar-refractivity contribution < 1.29 is 0 Å². The molecule has 0 saturated heterocycles. The molecule has 117 heavy (non-hydrogen) atoms. The molecule has 8 nitrogen and oxygen atoms in total. The molecule has 1 aliphatic carbocycles. The van der Waals surface area contributed by atoms with Crippen LogP contribution in [0.3, 0.4) is 0 Å². The third-order valence-corrected chi connectivity index (χ3v) is 23.3. The first kappa shape index (κ1) is 74.9. The molecule has 0 spiro atoms.